The lowest BCUT2D eigenvalue weighted by atomic mass is 10.2. The van der Waals surface area contributed by atoms with Crippen molar-refractivity contribution in [2.24, 2.45) is 0 Å². The second-order valence-corrected chi connectivity index (χ2v) is 6.57. The number of amides is 1. The van der Waals surface area contributed by atoms with Gasteiger partial charge >= 0.3 is 0 Å². The number of benzene rings is 2. The molecule has 0 aromatic heterocycles. The number of hydrogen-bond acceptors (Lipinski definition) is 3. The minimum Gasteiger partial charge on any atom is -0.497 e. The van der Waals surface area contributed by atoms with E-state index in [1.165, 1.54) is 11.8 Å². The lowest BCUT2D eigenvalue weighted by Gasteiger charge is -2.13. The zero-order valence-electron chi connectivity index (χ0n) is 12.5. The SMILES string of the molecule is COc1ccc(S[C@@H](C)C(=O)NCc2ccccc2Cl)cc1. The minimum absolute atomic E-state index is 0.0132. The predicted molar refractivity (Wildman–Crippen MR) is 91.6 cm³/mol. The predicted octanol–water partition coefficient (Wildman–Crippen LogP) is 4.15. The fourth-order valence-electron chi connectivity index (χ4n) is 1.88. The number of carbonyl (C=O) groups excluding carboxylic acids is 1. The van der Waals surface area contributed by atoms with E-state index < -0.39 is 0 Å². The van der Waals surface area contributed by atoms with Gasteiger partial charge in [-0.1, -0.05) is 29.8 Å². The first kappa shape index (κ1) is 16.7. The lowest BCUT2D eigenvalue weighted by Crippen LogP contribution is -2.30. The highest BCUT2D eigenvalue weighted by Crippen LogP contribution is 2.25. The highest BCUT2D eigenvalue weighted by molar-refractivity contribution is 8.00. The van der Waals surface area contributed by atoms with Crippen LogP contribution in [0.2, 0.25) is 5.02 Å². The third-order valence-corrected chi connectivity index (χ3v) is 4.63. The van der Waals surface area contributed by atoms with Crippen LogP contribution in [0.1, 0.15) is 12.5 Å². The molecule has 0 unspecified atom stereocenters. The molecule has 5 heteroatoms. The summed E-state index contributed by atoms with van der Waals surface area (Å²) in [6, 6.07) is 15.2. The maximum atomic E-state index is 12.2. The number of thioether (sulfide) groups is 1. The molecule has 0 fully saturated rings. The zero-order valence-corrected chi connectivity index (χ0v) is 14.1. The van der Waals surface area contributed by atoms with E-state index in [9.17, 15) is 4.79 Å². The van der Waals surface area contributed by atoms with Crippen molar-refractivity contribution in [3.8, 4) is 5.75 Å². The number of ether oxygens (including phenoxy) is 1. The summed E-state index contributed by atoms with van der Waals surface area (Å²) >= 11 is 7.59. The van der Waals surface area contributed by atoms with E-state index in [-0.39, 0.29) is 11.2 Å². The quantitative estimate of drug-likeness (QED) is 0.806. The number of nitrogens with one attached hydrogen (secondary N) is 1. The van der Waals surface area contributed by atoms with E-state index in [0.717, 1.165) is 16.2 Å². The molecule has 1 atom stereocenters. The molecule has 0 spiro atoms. The molecule has 0 bridgehead atoms. The van der Waals surface area contributed by atoms with Crippen LogP contribution >= 0.6 is 23.4 Å². The second-order valence-electron chi connectivity index (χ2n) is 4.74. The molecule has 0 aliphatic rings. The van der Waals surface area contributed by atoms with Crippen LogP contribution in [0.3, 0.4) is 0 Å². The Kier molecular flexibility index (Phi) is 6.16. The third kappa shape index (κ3) is 4.68. The molecule has 2 aromatic rings. The number of methoxy groups -OCH3 is 1. The van der Waals surface area contributed by atoms with E-state index in [0.29, 0.717) is 11.6 Å². The molecule has 3 nitrogen and oxygen atoms in total. The van der Waals surface area contributed by atoms with Crippen LogP contribution in [0.25, 0.3) is 0 Å². The largest absolute Gasteiger partial charge is 0.497 e. The Morgan fingerprint density at radius 2 is 1.91 bits per heavy atom. The molecule has 2 rings (SSSR count). The minimum atomic E-state index is -0.184. The number of rotatable bonds is 6. The van der Waals surface area contributed by atoms with Crippen molar-refractivity contribution >= 4 is 29.3 Å². The van der Waals surface area contributed by atoms with Gasteiger partial charge in [-0.2, -0.15) is 0 Å². The van der Waals surface area contributed by atoms with Gasteiger partial charge in [0.05, 0.1) is 12.4 Å². The van der Waals surface area contributed by atoms with Crippen molar-refractivity contribution in [2.45, 2.75) is 23.6 Å². The Morgan fingerprint density at radius 3 is 2.55 bits per heavy atom. The fourth-order valence-corrected chi connectivity index (χ4v) is 2.97. The van der Waals surface area contributed by atoms with Crippen LogP contribution in [0, 0.1) is 0 Å². The Labute approximate surface area is 140 Å². The van der Waals surface area contributed by atoms with Crippen LogP contribution in [0.4, 0.5) is 0 Å². The Morgan fingerprint density at radius 1 is 1.23 bits per heavy atom. The molecule has 1 amide bonds. The fraction of sp³-hybridized carbons (Fsp3) is 0.235. The monoisotopic (exact) mass is 335 g/mol. The molecule has 1 N–H and O–H groups in total. The van der Waals surface area contributed by atoms with Crippen molar-refractivity contribution in [3.63, 3.8) is 0 Å². The summed E-state index contributed by atoms with van der Waals surface area (Å²) in [5, 5.41) is 3.39. The maximum absolute atomic E-state index is 12.2. The molecule has 116 valence electrons. The second kappa shape index (κ2) is 8.11. The van der Waals surface area contributed by atoms with E-state index in [4.69, 9.17) is 16.3 Å². The molecular weight excluding hydrogens is 318 g/mol. The number of carbonyl (C=O) groups is 1. The first-order valence-electron chi connectivity index (χ1n) is 6.92. The lowest BCUT2D eigenvalue weighted by molar-refractivity contribution is -0.120. The van der Waals surface area contributed by atoms with Gasteiger partial charge < -0.3 is 10.1 Å². The molecular formula is C17H18ClNO2S. The first-order valence-corrected chi connectivity index (χ1v) is 8.17. The summed E-state index contributed by atoms with van der Waals surface area (Å²) in [5.74, 6) is 0.793. The molecule has 0 aliphatic carbocycles. The van der Waals surface area contributed by atoms with Crippen molar-refractivity contribution in [1.82, 2.24) is 5.32 Å². The highest BCUT2D eigenvalue weighted by atomic mass is 35.5. The van der Waals surface area contributed by atoms with Crippen LogP contribution in [-0.2, 0) is 11.3 Å². The Hall–Kier alpha value is -1.65. The van der Waals surface area contributed by atoms with Crippen LogP contribution in [0.15, 0.2) is 53.4 Å². The first-order chi connectivity index (χ1) is 10.6. The Bertz CT molecular complexity index is 631. The van der Waals surface area contributed by atoms with Gasteiger partial charge in [0.25, 0.3) is 0 Å². The summed E-state index contributed by atoms with van der Waals surface area (Å²) in [4.78, 5) is 13.2. The molecule has 2 aromatic carbocycles. The van der Waals surface area contributed by atoms with Crippen molar-refractivity contribution in [3.05, 3.63) is 59.1 Å². The molecule has 0 heterocycles. The smallest absolute Gasteiger partial charge is 0.233 e. The summed E-state index contributed by atoms with van der Waals surface area (Å²) in [7, 11) is 1.63. The van der Waals surface area contributed by atoms with E-state index in [1.807, 2.05) is 55.5 Å². The van der Waals surface area contributed by atoms with Crippen molar-refractivity contribution in [1.29, 1.82) is 0 Å². The molecule has 0 saturated carbocycles. The maximum Gasteiger partial charge on any atom is 0.233 e. The van der Waals surface area contributed by atoms with Gasteiger partial charge in [-0.15, -0.1) is 11.8 Å². The summed E-state index contributed by atoms with van der Waals surface area (Å²) in [6.45, 7) is 2.32. The van der Waals surface area contributed by atoms with Gasteiger partial charge in [0.1, 0.15) is 5.75 Å². The van der Waals surface area contributed by atoms with Gasteiger partial charge in [-0.3, -0.25) is 4.79 Å². The van der Waals surface area contributed by atoms with Crippen molar-refractivity contribution in [2.75, 3.05) is 7.11 Å². The van der Waals surface area contributed by atoms with Gasteiger partial charge in [0.2, 0.25) is 5.91 Å². The third-order valence-electron chi connectivity index (χ3n) is 3.15. The molecule has 22 heavy (non-hydrogen) atoms. The summed E-state index contributed by atoms with van der Waals surface area (Å²) in [6.07, 6.45) is 0. The van der Waals surface area contributed by atoms with Gasteiger partial charge in [-0.05, 0) is 42.8 Å². The van der Waals surface area contributed by atoms with Gasteiger partial charge in [-0.25, -0.2) is 0 Å². The van der Waals surface area contributed by atoms with Crippen LogP contribution in [-0.4, -0.2) is 18.3 Å². The highest BCUT2D eigenvalue weighted by Gasteiger charge is 2.14. The standard InChI is InChI=1S/C17H18ClNO2S/c1-12(22-15-9-7-14(21-2)8-10-15)17(20)19-11-13-5-3-4-6-16(13)18/h3-10,12H,11H2,1-2H3,(H,19,20)/t12-/m0/s1. The number of halogens is 1. The van der Waals surface area contributed by atoms with Crippen molar-refractivity contribution < 1.29 is 9.53 Å². The average molecular weight is 336 g/mol. The van der Waals surface area contributed by atoms with E-state index >= 15 is 0 Å². The topological polar surface area (TPSA) is 38.3 Å². The molecule has 0 saturated heterocycles. The molecule has 0 radical (unpaired) electrons. The normalized spacial score (nSPS) is 11.8. The summed E-state index contributed by atoms with van der Waals surface area (Å²) in [5.41, 5.74) is 0.916. The van der Waals surface area contributed by atoms with Gasteiger partial charge in [0.15, 0.2) is 0 Å². The van der Waals surface area contributed by atoms with E-state index in [2.05, 4.69) is 5.32 Å². The van der Waals surface area contributed by atoms with Crippen LogP contribution in [0.5, 0.6) is 5.75 Å². The average Bonchev–Trinajstić information content (AvgIpc) is 2.54. The molecule has 0 aliphatic heterocycles. The Balaban J connectivity index is 1.87. The van der Waals surface area contributed by atoms with Gasteiger partial charge in [0, 0.05) is 16.5 Å². The van der Waals surface area contributed by atoms with E-state index in [1.54, 1.807) is 7.11 Å². The summed E-state index contributed by atoms with van der Waals surface area (Å²) < 4.78 is 5.12. The van der Waals surface area contributed by atoms with Crippen LogP contribution < -0.4 is 10.1 Å². The zero-order chi connectivity index (χ0) is 15.9. The number of hydrogen-bond donors (Lipinski definition) is 1.